The Bertz CT molecular complexity index is 494. The highest BCUT2D eigenvalue weighted by Crippen LogP contribution is 2.23. The number of ether oxygens (including phenoxy) is 1. The summed E-state index contributed by atoms with van der Waals surface area (Å²) in [6, 6.07) is 2.84. The third kappa shape index (κ3) is 3.35. The molecule has 5 heteroatoms. The van der Waals surface area contributed by atoms with Crippen molar-refractivity contribution in [3.8, 4) is 0 Å². The zero-order valence-electron chi connectivity index (χ0n) is 12.1. The molecule has 5 nitrogen and oxygen atoms in total. The number of pyridine rings is 1. The monoisotopic (exact) mass is 276 g/mol. The van der Waals surface area contributed by atoms with Gasteiger partial charge in [0.15, 0.2) is 0 Å². The van der Waals surface area contributed by atoms with E-state index in [4.69, 9.17) is 4.74 Å². The molecule has 1 aromatic rings. The van der Waals surface area contributed by atoms with Crippen LogP contribution in [0.5, 0.6) is 0 Å². The van der Waals surface area contributed by atoms with Crippen molar-refractivity contribution < 1.29 is 14.3 Å². The van der Waals surface area contributed by atoms with E-state index in [0.717, 1.165) is 6.42 Å². The number of aromatic nitrogens is 1. The lowest BCUT2D eigenvalue weighted by atomic mass is 10.1. The van der Waals surface area contributed by atoms with E-state index in [1.54, 1.807) is 29.4 Å². The maximum absolute atomic E-state index is 12.4. The van der Waals surface area contributed by atoms with Crippen molar-refractivity contribution in [2.75, 3.05) is 6.54 Å². The fraction of sp³-hybridized carbons (Fsp3) is 0.533. The van der Waals surface area contributed by atoms with Crippen LogP contribution in [0.2, 0.25) is 0 Å². The summed E-state index contributed by atoms with van der Waals surface area (Å²) in [6.45, 7) is 6.07. The van der Waals surface area contributed by atoms with Gasteiger partial charge in [0.25, 0.3) is 5.91 Å². The molecule has 0 N–H and O–H groups in total. The summed E-state index contributed by atoms with van der Waals surface area (Å²) in [6.07, 6.45) is 4.63. The summed E-state index contributed by atoms with van der Waals surface area (Å²) in [5.74, 6) is -0.460. The van der Waals surface area contributed by atoms with Crippen LogP contribution in [0.25, 0.3) is 0 Å². The quantitative estimate of drug-likeness (QED) is 0.775. The molecule has 20 heavy (non-hydrogen) atoms. The highest BCUT2D eigenvalue weighted by Gasteiger charge is 2.37. The molecule has 1 atom stereocenters. The summed E-state index contributed by atoms with van der Waals surface area (Å²) in [5.41, 5.74) is 0.0147. The van der Waals surface area contributed by atoms with Gasteiger partial charge < -0.3 is 9.64 Å². The van der Waals surface area contributed by atoms with Crippen molar-refractivity contribution in [2.45, 2.75) is 45.3 Å². The number of carbonyl (C=O) groups is 2. The second-order valence-electron chi connectivity index (χ2n) is 5.93. The fourth-order valence-corrected chi connectivity index (χ4v) is 2.28. The maximum Gasteiger partial charge on any atom is 0.329 e. The van der Waals surface area contributed by atoms with Crippen LogP contribution in [0.1, 0.15) is 44.0 Å². The lowest BCUT2D eigenvalue weighted by molar-refractivity contribution is -0.159. The van der Waals surface area contributed by atoms with E-state index >= 15 is 0 Å². The first-order valence-electron chi connectivity index (χ1n) is 6.82. The van der Waals surface area contributed by atoms with Crippen LogP contribution < -0.4 is 0 Å². The number of hydrogen-bond acceptors (Lipinski definition) is 4. The number of amides is 1. The molecular formula is C15H20N2O3. The lowest BCUT2D eigenvalue weighted by Crippen LogP contribution is -2.43. The molecule has 2 heterocycles. The van der Waals surface area contributed by atoms with Crippen LogP contribution in [-0.4, -0.2) is 39.9 Å². The van der Waals surface area contributed by atoms with Crippen molar-refractivity contribution in [1.29, 1.82) is 0 Å². The minimum atomic E-state index is -0.537. The van der Waals surface area contributed by atoms with Crippen molar-refractivity contribution in [3.63, 3.8) is 0 Å². The Labute approximate surface area is 118 Å². The lowest BCUT2D eigenvalue weighted by Gasteiger charge is -2.27. The second-order valence-corrected chi connectivity index (χ2v) is 5.93. The minimum Gasteiger partial charge on any atom is -0.458 e. The van der Waals surface area contributed by atoms with E-state index < -0.39 is 11.6 Å². The van der Waals surface area contributed by atoms with Crippen LogP contribution in [0.15, 0.2) is 24.5 Å². The van der Waals surface area contributed by atoms with Crippen LogP contribution in [0, 0.1) is 0 Å². The van der Waals surface area contributed by atoms with Gasteiger partial charge in [0.1, 0.15) is 11.6 Å². The molecule has 0 unspecified atom stereocenters. The first-order valence-corrected chi connectivity index (χ1v) is 6.82. The van der Waals surface area contributed by atoms with E-state index in [2.05, 4.69) is 4.98 Å². The third-order valence-corrected chi connectivity index (χ3v) is 3.12. The van der Waals surface area contributed by atoms with E-state index in [9.17, 15) is 9.59 Å². The average Bonchev–Trinajstić information content (AvgIpc) is 2.86. The number of rotatable bonds is 2. The third-order valence-electron chi connectivity index (χ3n) is 3.12. The van der Waals surface area contributed by atoms with Crippen molar-refractivity contribution in [3.05, 3.63) is 30.1 Å². The largest absolute Gasteiger partial charge is 0.458 e. The molecule has 0 spiro atoms. The van der Waals surface area contributed by atoms with Gasteiger partial charge in [-0.05, 0) is 45.7 Å². The van der Waals surface area contributed by atoms with Gasteiger partial charge in [-0.2, -0.15) is 0 Å². The number of esters is 1. The molecule has 1 aromatic heterocycles. The summed E-state index contributed by atoms with van der Waals surface area (Å²) in [4.78, 5) is 30.1. The number of nitrogens with zero attached hydrogens (tertiary/aromatic N) is 2. The van der Waals surface area contributed by atoms with Crippen molar-refractivity contribution in [1.82, 2.24) is 9.88 Å². The molecule has 1 aliphatic rings. The minimum absolute atomic E-state index is 0.138. The van der Waals surface area contributed by atoms with E-state index in [0.29, 0.717) is 18.5 Å². The molecule has 0 aromatic carbocycles. The van der Waals surface area contributed by atoms with Gasteiger partial charge in [0.2, 0.25) is 0 Å². The van der Waals surface area contributed by atoms with E-state index in [1.807, 2.05) is 20.8 Å². The van der Waals surface area contributed by atoms with E-state index in [-0.39, 0.29) is 11.9 Å². The van der Waals surface area contributed by atoms with Gasteiger partial charge in [-0.1, -0.05) is 0 Å². The second kappa shape index (κ2) is 5.61. The average molecular weight is 276 g/mol. The molecule has 0 aliphatic carbocycles. The Hall–Kier alpha value is -1.91. The Kier molecular flexibility index (Phi) is 4.06. The Morgan fingerprint density at radius 2 is 1.95 bits per heavy atom. The highest BCUT2D eigenvalue weighted by molar-refractivity contribution is 5.97. The SMILES string of the molecule is CC(C)(C)OC(=O)[C@@H]1CCCN1C(=O)c1ccncc1. The zero-order chi connectivity index (χ0) is 14.8. The van der Waals surface area contributed by atoms with Gasteiger partial charge in [-0.3, -0.25) is 9.78 Å². The van der Waals surface area contributed by atoms with Gasteiger partial charge >= 0.3 is 5.97 Å². The zero-order valence-corrected chi connectivity index (χ0v) is 12.1. The smallest absolute Gasteiger partial charge is 0.329 e. The Morgan fingerprint density at radius 1 is 1.30 bits per heavy atom. The van der Waals surface area contributed by atoms with Gasteiger partial charge in [0, 0.05) is 24.5 Å². The first-order chi connectivity index (χ1) is 9.38. The van der Waals surface area contributed by atoms with Gasteiger partial charge in [-0.25, -0.2) is 4.79 Å². The standard InChI is InChI=1S/C15H20N2O3/c1-15(2,3)20-14(19)12-5-4-10-17(12)13(18)11-6-8-16-9-7-11/h6-9,12H,4-5,10H2,1-3H3/t12-/m0/s1. The molecule has 0 bridgehead atoms. The highest BCUT2D eigenvalue weighted by atomic mass is 16.6. The molecule has 1 fully saturated rings. The molecule has 0 saturated carbocycles. The van der Waals surface area contributed by atoms with Gasteiger partial charge in [0.05, 0.1) is 0 Å². The number of hydrogen-bond donors (Lipinski definition) is 0. The molecular weight excluding hydrogens is 256 g/mol. The van der Waals surface area contributed by atoms with Crippen LogP contribution in [-0.2, 0) is 9.53 Å². The normalized spacial score (nSPS) is 18.9. The summed E-state index contributed by atoms with van der Waals surface area (Å²) in [7, 11) is 0. The van der Waals surface area contributed by atoms with Gasteiger partial charge in [-0.15, -0.1) is 0 Å². The maximum atomic E-state index is 12.4. The van der Waals surface area contributed by atoms with Crippen LogP contribution >= 0.6 is 0 Å². The van der Waals surface area contributed by atoms with Crippen molar-refractivity contribution in [2.24, 2.45) is 0 Å². The molecule has 0 radical (unpaired) electrons. The Morgan fingerprint density at radius 3 is 2.55 bits per heavy atom. The molecule has 1 amide bonds. The summed E-state index contributed by atoms with van der Waals surface area (Å²) >= 11 is 0. The van der Waals surface area contributed by atoms with Crippen LogP contribution in [0.4, 0.5) is 0 Å². The predicted octanol–water partition coefficient (Wildman–Crippen LogP) is 2.03. The van der Waals surface area contributed by atoms with E-state index in [1.165, 1.54) is 0 Å². The molecule has 2 rings (SSSR count). The van der Waals surface area contributed by atoms with Crippen molar-refractivity contribution >= 4 is 11.9 Å². The Balaban J connectivity index is 2.11. The first kappa shape index (κ1) is 14.5. The molecule has 1 saturated heterocycles. The summed E-state index contributed by atoms with van der Waals surface area (Å²) in [5, 5.41) is 0. The predicted molar refractivity (Wildman–Crippen MR) is 74.1 cm³/mol. The molecule has 108 valence electrons. The molecule has 1 aliphatic heterocycles. The fourth-order valence-electron chi connectivity index (χ4n) is 2.28. The number of likely N-dealkylation sites (tertiary alicyclic amines) is 1. The topological polar surface area (TPSA) is 59.5 Å². The van der Waals surface area contributed by atoms with Crippen LogP contribution in [0.3, 0.4) is 0 Å². The number of carbonyl (C=O) groups excluding carboxylic acids is 2. The summed E-state index contributed by atoms with van der Waals surface area (Å²) < 4.78 is 5.39.